The number of hydrogen-bond donors (Lipinski definition) is 10. The number of hydrogen-bond acceptors (Lipinski definition) is 24. The van der Waals surface area contributed by atoms with E-state index in [9.17, 15) is 30.0 Å². The Kier molecular flexibility index (Phi) is 24.2. The summed E-state index contributed by atoms with van der Waals surface area (Å²) in [6.07, 6.45) is 27.6. The first-order chi connectivity index (χ1) is 49.3. The number of piperazine rings is 1. The molecule has 10 aromatic rings. The number of aromatic hydroxyl groups is 4. The van der Waals surface area contributed by atoms with Crippen LogP contribution in [0.5, 0.6) is 23.0 Å². The largest absolute Gasteiger partial charge is 0.505 e. The van der Waals surface area contributed by atoms with Crippen molar-refractivity contribution in [2.45, 2.75) is 80.7 Å². The summed E-state index contributed by atoms with van der Waals surface area (Å²) in [5.41, 5.74) is 13.6. The van der Waals surface area contributed by atoms with Crippen LogP contribution in [0.1, 0.15) is 68.3 Å². The third kappa shape index (κ3) is 17.7. The molecule has 0 saturated carbocycles. The molecule has 5 fully saturated rings. The van der Waals surface area contributed by atoms with Crippen LogP contribution >= 0.6 is 0 Å². The number of ether oxygens (including phenoxy) is 2. The van der Waals surface area contributed by atoms with Crippen LogP contribution in [-0.2, 0) is 51.8 Å². The molecule has 15 rings (SSSR count). The second kappa shape index (κ2) is 33.9. The highest BCUT2D eigenvalue weighted by atomic mass is 16.5. The van der Waals surface area contributed by atoms with E-state index >= 15 is 0 Å². The minimum Gasteiger partial charge on any atom is -0.505 e. The van der Waals surface area contributed by atoms with Gasteiger partial charge in [0.15, 0.2) is 0 Å². The molecule has 30 heteroatoms. The summed E-state index contributed by atoms with van der Waals surface area (Å²) in [7, 11) is 3.59. The van der Waals surface area contributed by atoms with E-state index in [1.165, 1.54) is 30.2 Å². The van der Waals surface area contributed by atoms with E-state index in [4.69, 9.17) is 14.6 Å². The standard InChI is InChI=1S/C16H23N5.C15H18N4O3.C14H16N4O3.C14H18N4O2.C13H16N4O/c1-12-13(2)19-10-14(15(12)16-17-4-5-18-16)11-21-8-6-20(3)7-9-21;1-9-13(20)12(14-16-3-4-17-14)10(5-18-9)6-19-7-11(8-19)15(21)22-2;1-8-12(19)11(13-15-2-3-16-13)9(4-17-8)5-18-6-10(7-18)14(20)21;1-10-13(19)12(14-15-2-3-16-14)11(8-17-10)9-18-4-6-20-7-5-18;1-9-12(18)11(13-14-3-4-15-13)10(7-16-9)8-17-5-2-6-17/h4-5,10H,6-9,11H2,1-3H3,(H,17,18);3-5,11,20H,6-8H2,1-2H3,(H,16,17);2-4,10,19H,5-7H2,1H3,(H,15,16)(H,20,21);2-3,8,19H,4-7,9H2,1H3,(H,15,16);3-4,7,18H,2,5-6,8H2,1H3,(H,14,15). The number of carbonyl (C=O) groups excluding carboxylic acids is 1. The van der Waals surface area contributed by atoms with E-state index in [1.54, 1.807) is 89.7 Å². The smallest absolute Gasteiger partial charge is 0.311 e. The fraction of sp³-hybridized carbons (Fsp3) is 0.417. The van der Waals surface area contributed by atoms with Crippen molar-refractivity contribution in [1.29, 1.82) is 0 Å². The molecule has 30 nitrogen and oxygen atoms in total. The summed E-state index contributed by atoms with van der Waals surface area (Å²) in [4.78, 5) is 94.0. The molecule has 0 amide bonds. The number of H-pyrrole nitrogens is 5. The zero-order valence-corrected chi connectivity index (χ0v) is 59.0. The number of aliphatic carboxylic acids is 1. The molecule has 538 valence electrons. The van der Waals surface area contributed by atoms with Crippen molar-refractivity contribution in [3.05, 3.63) is 155 Å². The zero-order chi connectivity index (χ0) is 72.0. The number of likely N-dealkylation sites (tertiary alicyclic amines) is 3. The number of nitrogens with one attached hydrogen (secondary N) is 5. The molecule has 0 spiro atoms. The molecule has 10 aromatic heterocycles. The lowest BCUT2D eigenvalue weighted by Gasteiger charge is -2.37. The number of likely N-dealkylation sites (N-methyl/N-ethyl adjacent to an activating group) is 1. The number of methoxy groups -OCH3 is 1. The van der Waals surface area contributed by atoms with Crippen LogP contribution < -0.4 is 0 Å². The highest BCUT2D eigenvalue weighted by molar-refractivity contribution is 5.75. The number of aromatic nitrogens is 15. The summed E-state index contributed by atoms with van der Waals surface area (Å²) in [6, 6.07) is 0. The summed E-state index contributed by atoms with van der Waals surface area (Å²) in [5.74, 6) is 2.89. The first-order valence-corrected chi connectivity index (χ1v) is 34.1. The highest BCUT2D eigenvalue weighted by Gasteiger charge is 2.35. The zero-order valence-electron chi connectivity index (χ0n) is 59.0. The monoisotopic (exact) mass is 1390 g/mol. The number of carboxylic acid groups (broad SMARTS) is 1. The number of carboxylic acids is 1. The number of rotatable bonds is 17. The fourth-order valence-electron chi connectivity index (χ4n) is 12.7. The van der Waals surface area contributed by atoms with E-state index in [-0.39, 0.29) is 40.8 Å². The number of imidazole rings is 5. The van der Waals surface area contributed by atoms with Crippen molar-refractivity contribution >= 4 is 11.9 Å². The maximum absolute atomic E-state index is 11.4. The van der Waals surface area contributed by atoms with Crippen molar-refractivity contribution in [1.82, 2.24) is 104 Å². The predicted molar refractivity (Wildman–Crippen MR) is 380 cm³/mol. The summed E-state index contributed by atoms with van der Waals surface area (Å²) < 4.78 is 10.1. The van der Waals surface area contributed by atoms with Crippen molar-refractivity contribution in [2.24, 2.45) is 11.8 Å². The molecular weight excluding hydrogens is 1300 g/mol. The van der Waals surface area contributed by atoms with E-state index < -0.39 is 5.97 Å². The van der Waals surface area contributed by atoms with E-state index in [0.29, 0.717) is 96.5 Å². The number of aromatic amines is 5. The van der Waals surface area contributed by atoms with Crippen LogP contribution in [0.4, 0.5) is 0 Å². The Morgan fingerprint density at radius 3 is 1.04 bits per heavy atom. The number of aryl methyl sites for hydroxylation is 5. The molecule has 0 bridgehead atoms. The molecule has 0 atom stereocenters. The lowest BCUT2D eigenvalue weighted by molar-refractivity contribution is -0.151. The Balaban J connectivity index is 0.000000128. The minimum absolute atomic E-state index is 0.0657. The van der Waals surface area contributed by atoms with Crippen molar-refractivity contribution in [3.8, 4) is 79.9 Å². The second-order valence-electron chi connectivity index (χ2n) is 26.2. The maximum atomic E-state index is 11.4. The molecule has 5 saturated heterocycles. The Bertz CT molecular complexity index is 4350. The van der Waals surface area contributed by atoms with Gasteiger partial charge in [0.25, 0.3) is 0 Å². The molecule has 0 aromatic carbocycles. The molecule has 0 radical (unpaired) electrons. The maximum Gasteiger partial charge on any atom is 0.311 e. The van der Waals surface area contributed by atoms with E-state index in [1.807, 2.05) is 35.9 Å². The topological polar surface area (TPSA) is 381 Å². The van der Waals surface area contributed by atoms with Crippen molar-refractivity contribution < 1.29 is 44.6 Å². The fourth-order valence-corrected chi connectivity index (χ4v) is 12.7. The Morgan fingerprint density at radius 1 is 0.422 bits per heavy atom. The third-order valence-corrected chi connectivity index (χ3v) is 19.0. The average Bonchev–Trinajstić information content (AvgIpc) is 0.861. The Morgan fingerprint density at radius 2 is 0.725 bits per heavy atom. The molecule has 102 heavy (non-hydrogen) atoms. The Hall–Kier alpha value is -10.3. The molecule has 5 aliphatic rings. The van der Waals surface area contributed by atoms with Gasteiger partial charge in [0.2, 0.25) is 0 Å². The van der Waals surface area contributed by atoms with Gasteiger partial charge in [-0.15, -0.1) is 0 Å². The van der Waals surface area contributed by atoms with Crippen LogP contribution in [0.2, 0.25) is 0 Å². The van der Waals surface area contributed by atoms with Gasteiger partial charge in [-0.05, 0) is 101 Å². The first-order valence-electron chi connectivity index (χ1n) is 34.1. The SMILES string of the molecule is COC(=O)C1CN(Cc2cnc(C)c(O)c2-c2ncc[nH]2)C1.Cc1ncc(CN2CC(C(=O)O)C2)c(-c2ncc[nH]2)c1O.Cc1ncc(CN2CCC2)c(-c2ncc[nH]2)c1O.Cc1ncc(CN2CCN(C)CC2)c(-c2ncc[nH]2)c1C.Cc1ncc(CN2CCOCC2)c(-c2ncc[nH]2)c1O. The number of pyridine rings is 5. The summed E-state index contributed by atoms with van der Waals surface area (Å²) in [5, 5.41) is 50.0. The molecule has 10 N–H and O–H groups in total. The molecule has 5 aliphatic heterocycles. The number of carbonyl (C=O) groups is 2. The van der Waals surface area contributed by atoms with Gasteiger partial charge in [0.05, 0.1) is 77.2 Å². The predicted octanol–water partition coefficient (Wildman–Crippen LogP) is 6.94. The van der Waals surface area contributed by atoms with Gasteiger partial charge in [-0.2, -0.15) is 0 Å². The number of esters is 1. The van der Waals surface area contributed by atoms with E-state index in [0.717, 1.165) is 130 Å². The molecular formula is C72H91N21O9. The second-order valence-corrected chi connectivity index (χ2v) is 26.2. The lowest BCUT2D eigenvalue weighted by Crippen LogP contribution is -2.50. The van der Waals surface area contributed by atoms with Crippen molar-refractivity contribution in [3.63, 3.8) is 0 Å². The van der Waals surface area contributed by atoms with Gasteiger partial charge in [0, 0.05) is 202 Å². The van der Waals surface area contributed by atoms with Crippen LogP contribution in [0.15, 0.2) is 93.0 Å². The summed E-state index contributed by atoms with van der Waals surface area (Å²) >= 11 is 0. The van der Waals surface area contributed by atoms with Crippen LogP contribution in [0, 0.1) is 53.4 Å². The van der Waals surface area contributed by atoms with Gasteiger partial charge >= 0.3 is 11.9 Å². The highest BCUT2D eigenvalue weighted by Crippen LogP contribution is 2.38. The van der Waals surface area contributed by atoms with Gasteiger partial charge in [-0.3, -0.25) is 59.0 Å². The minimum atomic E-state index is -0.762. The Labute approximate surface area is 591 Å². The van der Waals surface area contributed by atoms with E-state index in [2.05, 4.69) is 120 Å². The first kappa shape index (κ1) is 72.9. The molecule has 0 unspecified atom stereocenters. The van der Waals surface area contributed by atoms with Crippen LogP contribution in [-0.4, -0.2) is 248 Å². The molecule has 0 aliphatic carbocycles. The normalized spacial score (nSPS) is 16.2. The van der Waals surface area contributed by atoms with Gasteiger partial charge < -0.3 is 64.8 Å². The summed E-state index contributed by atoms with van der Waals surface area (Å²) in [6.45, 7) is 27.3. The van der Waals surface area contributed by atoms with Crippen LogP contribution in [0.25, 0.3) is 56.9 Å². The van der Waals surface area contributed by atoms with Gasteiger partial charge in [-0.1, -0.05) is 0 Å². The van der Waals surface area contributed by atoms with Crippen LogP contribution in [0.3, 0.4) is 0 Å². The van der Waals surface area contributed by atoms with Gasteiger partial charge in [0.1, 0.15) is 52.1 Å². The van der Waals surface area contributed by atoms with Crippen molar-refractivity contribution in [2.75, 3.05) is 106 Å². The molecule has 15 heterocycles. The number of nitrogens with zero attached hydrogens (tertiary/aromatic N) is 16. The third-order valence-electron chi connectivity index (χ3n) is 19.0. The van der Waals surface area contributed by atoms with Gasteiger partial charge in [-0.25, -0.2) is 24.9 Å². The quantitative estimate of drug-likeness (QED) is 0.0413. The lowest BCUT2D eigenvalue weighted by atomic mass is 9.98. The average molecular weight is 1390 g/mol. The number of morpholine rings is 1.